The van der Waals surface area contributed by atoms with Gasteiger partial charge in [0.15, 0.2) is 0 Å². The summed E-state index contributed by atoms with van der Waals surface area (Å²) in [5.74, 6) is 0.467. The number of nitrogens with zero attached hydrogens (tertiary/aromatic N) is 3. The Hall–Kier alpha value is -2.57. The van der Waals surface area contributed by atoms with E-state index in [2.05, 4.69) is 15.4 Å². The van der Waals surface area contributed by atoms with Gasteiger partial charge in [0.2, 0.25) is 0 Å². The number of para-hydroxylation sites is 1. The molecule has 0 spiro atoms. The highest BCUT2D eigenvalue weighted by Crippen LogP contribution is 2.24. The van der Waals surface area contributed by atoms with Crippen molar-refractivity contribution in [3.05, 3.63) is 58.3 Å². The molecule has 0 bridgehead atoms. The Bertz CT molecular complexity index is 911. The van der Waals surface area contributed by atoms with Crippen LogP contribution >= 0.6 is 23.2 Å². The number of hydrogen-bond acceptors (Lipinski definition) is 4. The maximum Gasteiger partial charge on any atom is 0.338 e. The number of benzene rings is 1. The average molecular weight is 362 g/mol. The van der Waals surface area contributed by atoms with Crippen LogP contribution in [0.2, 0.25) is 10.3 Å². The second kappa shape index (κ2) is 6.51. The molecule has 0 aliphatic rings. The summed E-state index contributed by atoms with van der Waals surface area (Å²) in [5, 5.41) is 2.43. The van der Waals surface area contributed by atoms with Crippen molar-refractivity contribution in [1.82, 2.24) is 9.97 Å². The normalized spacial score (nSPS) is 10.6. The average Bonchev–Trinajstić information content (AvgIpc) is 2.51. The number of nitrogens with one attached hydrogen (secondary N) is 1. The lowest BCUT2D eigenvalue weighted by Gasteiger charge is -2.22. The zero-order valence-corrected chi connectivity index (χ0v) is 14.1. The number of nitrogens with two attached hydrogens (primary N) is 1. The number of carbonyl (C=O) groups excluding carboxylic acids is 1. The Morgan fingerprint density at radius 1 is 1.12 bits per heavy atom. The van der Waals surface area contributed by atoms with Gasteiger partial charge < -0.3 is 5.73 Å². The first-order valence-electron chi connectivity index (χ1n) is 7.00. The molecule has 2 aromatic heterocycles. The molecular formula is C16H13Cl2N5O. The van der Waals surface area contributed by atoms with Crippen LogP contribution in [0.3, 0.4) is 0 Å². The molecule has 0 aliphatic carbocycles. The molecular weight excluding hydrogens is 349 g/mol. The van der Waals surface area contributed by atoms with Gasteiger partial charge in [-0.1, -0.05) is 41.4 Å². The Morgan fingerprint density at radius 3 is 2.46 bits per heavy atom. The predicted octanol–water partition coefficient (Wildman–Crippen LogP) is 4.16. The first-order chi connectivity index (χ1) is 11.4. The number of amides is 2. The van der Waals surface area contributed by atoms with Crippen molar-refractivity contribution in [3.8, 4) is 0 Å². The number of anilines is 2. The van der Waals surface area contributed by atoms with Crippen molar-refractivity contribution in [2.45, 2.75) is 6.92 Å². The molecule has 0 saturated heterocycles. The van der Waals surface area contributed by atoms with E-state index in [0.717, 1.165) is 21.5 Å². The Balaban J connectivity index is 2.01. The quantitative estimate of drug-likeness (QED) is 0.541. The Morgan fingerprint density at radius 2 is 1.79 bits per heavy atom. The van der Waals surface area contributed by atoms with E-state index in [1.807, 2.05) is 37.3 Å². The van der Waals surface area contributed by atoms with Gasteiger partial charge in [-0.25, -0.2) is 19.8 Å². The third kappa shape index (κ3) is 3.34. The molecule has 0 unspecified atom stereocenters. The summed E-state index contributed by atoms with van der Waals surface area (Å²) in [5.41, 5.74) is 10.5. The van der Waals surface area contributed by atoms with Gasteiger partial charge in [-0.15, -0.1) is 0 Å². The lowest BCUT2D eigenvalue weighted by Crippen LogP contribution is -2.40. The van der Waals surface area contributed by atoms with Crippen LogP contribution in [0.25, 0.3) is 10.9 Å². The lowest BCUT2D eigenvalue weighted by atomic mass is 10.1. The largest absolute Gasteiger partial charge is 0.350 e. The highest BCUT2D eigenvalue weighted by Gasteiger charge is 2.16. The third-order valence-corrected chi connectivity index (χ3v) is 3.76. The van der Waals surface area contributed by atoms with Crippen LogP contribution in [0.15, 0.2) is 42.5 Å². The minimum atomic E-state index is -0.735. The van der Waals surface area contributed by atoms with Crippen molar-refractivity contribution in [3.63, 3.8) is 0 Å². The van der Waals surface area contributed by atoms with Crippen molar-refractivity contribution >= 4 is 51.6 Å². The second-order valence-electron chi connectivity index (χ2n) is 5.10. The number of primary amides is 1. The number of aryl methyl sites for hydroxylation is 1. The maximum absolute atomic E-state index is 11.8. The van der Waals surface area contributed by atoms with Gasteiger partial charge in [0, 0.05) is 17.5 Å². The van der Waals surface area contributed by atoms with Gasteiger partial charge in [0.1, 0.15) is 16.1 Å². The summed E-state index contributed by atoms with van der Waals surface area (Å²) >= 11 is 11.8. The first-order valence-corrected chi connectivity index (χ1v) is 7.75. The molecule has 0 saturated carbocycles. The van der Waals surface area contributed by atoms with Crippen LogP contribution < -0.4 is 16.2 Å². The molecule has 0 radical (unpaired) electrons. The molecule has 2 heterocycles. The van der Waals surface area contributed by atoms with Gasteiger partial charge in [0.25, 0.3) is 0 Å². The van der Waals surface area contributed by atoms with Crippen molar-refractivity contribution in [2.75, 3.05) is 10.4 Å². The van der Waals surface area contributed by atoms with Crippen molar-refractivity contribution in [2.24, 2.45) is 5.73 Å². The minimum Gasteiger partial charge on any atom is -0.350 e. The van der Waals surface area contributed by atoms with Crippen LogP contribution in [0, 0.1) is 6.92 Å². The monoisotopic (exact) mass is 361 g/mol. The number of carbonyl (C=O) groups is 1. The summed E-state index contributed by atoms with van der Waals surface area (Å²) in [6, 6.07) is 11.7. The van der Waals surface area contributed by atoms with Crippen LogP contribution in [-0.4, -0.2) is 16.0 Å². The number of hydrogen-bond donors (Lipinski definition) is 2. The predicted molar refractivity (Wildman–Crippen MR) is 96.4 cm³/mol. The zero-order chi connectivity index (χ0) is 17.3. The van der Waals surface area contributed by atoms with Crippen LogP contribution in [0.4, 0.5) is 16.3 Å². The smallest absolute Gasteiger partial charge is 0.338 e. The number of aromatic nitrogens is 2. The summed E-state index contributed by atoms with van der Waals surface area (Å²) in [4.78, 5) is 20.2. The molecule has 2 amide bonds. The lowest BCUT2D eigenvalue weighted by molar-refractivity contribution is 0.255. The minimum absolute atomic E-state index is 0.146. The van der Waals surface area contributed by atoms with E-state index in [1.54, 1.807) is 0 Å². The molecule has 122 valence electrons. The van der Waals surface area contributed by atoms with E-state index in [9.17, 15) is 4.79 Å². The Kier molecular flexibility index (Phi) is 4.42. The number of rotatable bonds is 3. The fourth-order valence-electron chi connectivity index (χ4n) is 2.35. The molecule has 6 nitrogen and oxygen atoms in total. The highest BCUT2D eigenvalue weighted by atomic mass is 35.5. The summed E-state index contributed by atoms with van der Waals surface area (Å²) in [7, 11) is 0. The Labute approximate surface area is 148 Å². The van der Waals surface area contributed by atoms with Gasteiger partial charge >= 0.3 is 6.03 Å². The first kappa shape index (κ1) is 16.3. The van der Waals surface area contributed by atoms with Crippen molar-refractivity contribution in [1.29, 1.82) is 0 Å². The van der Waals surface area contributed by atoms with E-state index in [0.29, 0.717) is 11.5 Å². The van der Waals surface area contributed by atoms with Crippen LogP contribution in [-0.2, 0) is 0 Å². The molecule has 3 rings (SSSR count). The molecule has 1 aromatic carbocycles. The van der Waals surface area contributed by atoms with E-state index in [1.165, 1.54) is 12.1 Å². The van der Waals surface area contributed by atoms with E-state index in [-0.39, 0.29) is 10.3 Å². The van der Waals surface area contributed by atoms with Crippen LogP contribution in [0.1, 0.15) is 5.56 Å². The molecule has 24 heavy (non-hydrogen) atoms. The number of hydrazine groups is 1. The summed E-state index contributed by atoms with van der Waals surface area (Å²) in [6.07, 6.45) is 0. The number of fused-ring (bicyclic) bond motifs is 1. The second-order valence-corrected chi connectivity index (χ2v) is 5.87. The van der Waals surface area contributed by atoms with Gasteiger partial charge in [-0.3, -0.25) is 5.43 Å². The molecule has 8 heteroatoms. The number of halogens is 2. The molecule has 0 fully saturated rings. The van der Waals surface area contributed by atoms with Crippen molar-refractivity contribution < 1.29 is 4.79 Å². The standard InChI is InChI=1S/C16H13Cl2N5O/c1-9-6-15(20-12-5-3-2-4-11(9)12)22-23(16(19)24)10-7-13(17)21-14(18)8-10/h2-8H,1H3,(H2,19,24)(H,20,22). The van der Waals surface area contributed by atoms with Gasteiger partial charge in [-0.2, -0.15) is 0 Å². The van der Waals surface area contributed by atoms with E-state index >= 15 is 0 Å². The van der Waals surface area contributed by atoms with Gasteiger partial charge in [-0.05, 0) is 24.6 Å². The summed E-state index contributed by atoms with van der Waals surface area (Å²) in [6.45, 7) is 1.96. The molecule has 3 aromatic rings. The topological polar surface area (TPSA) is 84.1 Å². The van der Waals surface area contributed by atoms with E-state index in [4.69, 9.17) is 28.9 Å². The zero-order valence-electron chi connectivity index (χ0n) is 12.6. The maximum atomic E-state index is 11.8. The van der Waals surface area contributed by atoms with E-state index < -0.39 is 6.03 Å². The number of pyridine rings is 2. The highest BCUT2D eigenvalue weighted by molar-refractivity contribution is 6.33. The molecule has 3 N–H and O–H groups in total. The fraction of sp³-hybridized carbons (Fsp3) is 0.0625. The molecule has 0 atom stereocenters. The molecule has 0 aliphatic heterocycles. The third-order valence-electron chi connectivity index (χ3n) is 3.38. The fourth-order valence-corrected chi connectivity index (χ4v) is 2.80. The summed E-state index contributed by atoms with van der Waals surface area (Å²) < 4.78 is 0. The SMILES string of the molecule is Cc1cc(NN(C(N)=O)c2cc(Cl)nc(Cl)c2)nc2ccccc12. The number of urea groups is 1. The van der Waals surface area contributed by atoms with Gasteiger partial charge in [0.05, 0.1) is 11.2 Å². The van der Waals surface area contributed by atoms with Crippen LogP contribution in [0.5, 0.6) is 0 Å².